The third-order valence-corrected chi connectivity index (χ3v) is 4.21. The molecule has 6 nitrogen and oxygen atoms in total. The predicted octanol–water partition coefficient (Wildman–Crippen LogP) is 3.00. The molecular weight excluding hydrogens is 326 g/mol. The third kappa shape index (κ3) is 3.25. The van der Waals surface area contributed by atoms with Crippen molar-refractivity contribution in [3.8, 4) is 11.4 Å². The van der Waals surface area contributed by atoms with E-state index < -0.39 is 11.6 Å². The molecule has 0 amide bonds. The van der Waals surface area contributed by atoms with Crippen LogP contribution in [-0.2, 0) is 0 Å². The van der Waals surface area contributed by atoms with E-state index in [1.807, 2.05) is 0 Å². The van der Waals surface area contributed by atoms with Gasteiger partial charge < -0.3 is 10.3 Å². The molecule has 3 aromatic rings. The van der Waals surface area contributed by atoms with Gasteiger partial charge in [-0.05, 0) is 25.5 Å². The van der Waals surface area contributed by atoms with Crippen molar-refractivity contribution in [2.24, 2.45) is 10.9 Å². The maximum Gasteiger partial charge on any atom is 0.191 e. The molecule has 1 aliphatic rings. The predicted molar refractivity (Wildman–Crippen MR) is 90.8 cm³/mol. The molecule has 128 valence electrons. The van der Waals surface area contributed by atoms with Crippen LogP contribution in [-0.4, -0.2) is 39.2 Å². The van der Waals surface area contributed by atoms with Gasteiger partial charge in [0.05, 0.1) is 12.4 Å². The summed E-state index contributed by atoms with van der Waals surface area (Å²) in [6, 6.07) is 1.34. The van der Waals surface area contributed by atoms with E-state index in [4.69, 9.17) is 0 Å². The number of aliphatic imine (C=N–C) groups is 1. The highest BCUT2D eigenvalue weighted by molar-refractivity contribution is 5.91. The molecule has 1 unspecified atom stereocenters. The minimum Gasteiger partial charge on any atom is -0.345 e. The average molecular weight is 342 g/mol. The highest BCUT2D eigenvalue weighted by atomic mass is 19.1. The van der Waals surface area contributed by atoms with Crippen LogP contribution in [0, 0.1) is 17.6 Å². The molecule has 3 aromatic heterocycles. The fourth-order valence-corrected chi connectivity index (χ4v) is 2.92. The van der Waals surface area contributed by atoms with Crippen LogP contribution in [0.5, 0.6) is 0 Å². The maximum atomic E-state index is 14.0. The van der Waals surface area contributed by atoms with Crippen molar-refractivity contribution in [2.75, 3.05) is 13.1 Å². The van der Waals surface area contributed by atoms with Gasteiger partial charge in [0.25, 0.3) is 0 Å². The molecule has 0 saturated carbocycles. The second-order valence-corrected chi connectivity index (χ2v) is 6.00. The highest BCUT2D eigenvalue weighted by Gasteiger charge is 2.14. The van der Waals surface area contributed by atoms with Gasteiger partial charge in [-0.3, -0.25) is 0 Å². The van der Waals surface area contributed by atoms with Crippen LogP contribution in [0.15, 0.2) is 29.6 Å². The lowest BCUT2D eigenvalue weighted by atomic mass is 10.0. The van der Waals surface area contributed by atoms with Gasteiger partial charge in [-0.2, -0.15) is 0 Å². The maximum absolute atomic E-state index is 14.0. The third-order valence-electron chi connectivity index (χ3n) is 4.21. The first-order valence-electron chi connectivity index (χ1n) is 8.11. The van der Waals surface area contributed by atoms with E-state index in [9.17, 15) is 8.78 Å². The second kappa shape index (κ2) is 6.64. The molecule has 25 heavy (non-hydrogen) atoms. The Balaban J connectivity index is 1.68. The summed E-state index contributed by atoms with van der Waals surface area (Å²) in [5.74, 6) is -0.535. The van der Waals surface area contributed by atoms with E-state index in [0.717, 1.165) is 38.3 Å². The Morgan fingerprint density at radius 2 is 2.16 bits per heavy atom. The number of H-pyrrole nitrogens is 1. The van der Waals surface area contributed by atoms with Crippen molar-refractivity contribution in [1.82, 2.24) is 25.3 Å². The summed E-state index contributed by atoms with van der Waals surface area (Å²) in [4.78, 5) is 19.3. The molecule has 8 heteroatoms. The first-order valence-corrected chi connectivity index (χ1v) is 8.11. The topological polar surface area (TPSA) is 78.8 Å². The van der Waals surface area contributed by atoms with Gasteiger partial charge in [-0.15, -0.1) is 0 Å². The van der Waals surface area contributed by atoms with Crippen LogP contribution in [0.25, 0.3) is 22.4 Å². The standard InChI is InChI=1S/C17H16F2N6/c18-11-4-12-13(8-23-15(12)22-7-11)16-24-9-14(19)17(25-16)21-6-10-2-1-3-20-5-10/h4,6-10,20H,1-3,5H2,(H,22,23). The number of aromatic nitrogens is 4. The lowest BCUT2D eigenvalue weighted by Crippen LogP contribution is -2.30. The number of fused-ring (bicyclic) bond motifs is 1. The van der Waals surface area contributed by atoms with Crippen LogP contribution in [0.4, 0.5) is 14.6 Å². The highest BCUT2D eigenvalue weighted by Crippen LogP contribution is 2.27. The van der Waals surface area contributed by atoms with Gasteiger partial charge in [0, 0.05) is 35.8 Å². The molecule has 1 aliphatic heterocycles. The molecular formula is C17H16F2N6. The Morgan fingerprint density at radius 3 is 3.00 bits per heavy atom. The summed E-state index contributed by atoms with van der Waals surface area (Å²) in [6.07, 6.45) is 7.66. The summed E-state index contributed by atoms with van der Waals surface area (Å²) >= 11 is 0. The van der Waals surface area contributed by atoms with Crippen LogP contribution in [0.1, 0.15) is 12.8 Å². The Bertz CT molecular complexity index is 930. The van der Waals surface area contributed by atoms with Crippen molar-refractivity contribution in [3.05, 3.63) is 36.3 Å². The largest absolute Gasteiger partial charge is 0.345 e. The lowest BCUT2D eigenvalue weighted by molar-refractivity contribution is 0.463. The number of hydrogen-bond donors (Lipinski definition) is 2. The smallest absolute Gasteiger partial charge is 0.191 e. The zero-order chi connectivity index (χ0) is 17.2. The SMILES string of the molecule is Fc1cnc2[nH]cc(-c3ncc(F)c(N=CC4CCCNC4)n3)c2c1. The van der Waals surface area contributed by atoms with Crippen LogP contribution in [0.3, 0.4) is 0 Å². The van der Waals surface area contributed by atoms with E-state index in [1.54, 1.807) is 12.4 Å². The molecule has 4 heterocycles. The average Bonchev–Trinajstić information content (AvgIpc) is 3.05. The molecule has 4 rings (SSSR count). The van der Waals surface area contributed by atoms with Crippen LogP contribution in [0.2, 0.25) is 0 Å². The molecule has 0 aromatic carbocycles. The van der Waals surface area contributed by atoms with Gasteiger partial charge in [0.2, 0.25) is 0 Å². The van der Waals surface area contributed by atoms with E-state index >= 15 is 0 Å². The van der Waals surface area contributed by atoms with Crippen molar-refractivity contribution in [2.45, 2.75) is 12.8 Å². The first kappa shape index (κ1) is 15.8. The Labute approximate surface area is 142 Å². The number of nitrogens with zero attached hydrogens (tertiary/aromatic N) is 4. The van der Waals surface area contributed by atoms with E-state index in [0.29, 0.717) is 16.6 Å². The van der Waals surface area contributed by atoms with Gasteiger partial charge in [-0.25, -0.2) is 28.7 Å². The molecule has 1 saturated heterocycles. The molecule has 0 spiro atoms. The number of nitrogens with one attached hydrogen (secondary N) is 2. The normalized spacial score (nSPS) is 18.2. The van der Waals surface area contributed by atoms with Gasteiger partial charge in [0.15, 0.2) is 17.5 Å². The minimum absolute atomic E-state index is 0.0192. The summed E-state index contributed by atoms with van der Waals surface area (Å²) in [7, 11) is 0. The molecule has 0 bridgehead atoms. The Hall–Kier alpha value is -2.74. The van der Waals surface area contributed by atoms with Gasteiger partial charge in [-0.1, -0.05) is 0 Å². The van der Waals surface area contributed by atoms with Crippen molar-refractivity contribution < 1.29 is 8.78 Å². The number of hydrogen-bond acceptors (Lipinski definition) is 5. The summed E-state index contributed by atoms with van der Waals surface area (Å²) in [6.45, 7) is 1.83. The van der Waals surface area contributed by atoms with E-state index in [2.05, 4.69) is 30.2 Å². The number of pyridine rings is 1. The number of halogens is 2. The van der Waals surface area contributed by atoms with Crippen molar-refractivity contribution in [1.29, 1.82) is 0 Å². The summed E-state index contributed by atoms with van der Waals surface area (Å²) in [5, 5.41) is 3.82. The zero-order valence-corrected chi connectivity index (χ0v) is 13.3. The second-order valence-electron chi connectivity index (χ2n) is 6.00. The van der Waals surface area contributed by atoms with Crippen molar-refractivity contribution in [3.63, 3.8) is 0 Å². The molecule has 1 atom stereocenters. The quantitative estimate of drug-likeness (QED) is 0.717. The number of aromatic amines is 1. The fraction of sp³-hybridized carbons (Fsp3) is 0.294. The molecule has 2 N–H and O–H groups in total. The van der Waals surface area contributed by atoms with Crippen LogP contribution < -0.4 is 5.32 Å². The van der Waals surface area contributed by atoms with Gasteiger partial charge >= 0.3 is 0 Å². The number of piperidine rings is 1. The molecule has 0 aliphatic carbocycles. The summed E-state index contributed by atoms with van der Waals surface area (Å²) < 4.78 is 27.5. The minimum atomic E-state index is -0.590. The fourth-order valence-electron chi connectivity index (χ4n) is 2.92. The van der Waals surface area contributed by atoms with Crippen molar-refractivity contribution >= 4 is 23.1 Å². The Morgan fingerprint density at radius 1 is 1.24 bits per heavy atom. The molecule has 1 fully saturated rings. The zero-order valence-electron chi connectivity index (χ0n) is 13.3. The first-order chi connectivity index (χ1) is 12.2. The Kier molecular flexibility index (Phi) is 4.19. The van der Waals surface area contributed by atoms with Gasteiger partial charge in [0.1, 0.15) is 11.5 Å². The van der Waals surface area contributed by atoms with E-state index in [1.165, 1.54) is 6.07 Å². The van der Waals surface area contributed by atoms with E-state index in [-0.39, 0.29) is 17.6 Å². The lowest BCUT2D eigenvalue weighted by Gasteiger charge is -2.18. The van der Waals surface area contributed by atoms with Crippen LogP contribution >= 0.6 is 0 Å². The monoisotopic (exact) mass is 342 g/mol. The summed E-state index contributed by atoms with van der Waals surface area (Å²) in [5.41, 5.74) is 1.07. The molecule has 0 radical (unpaired) electrons. The number of rotatable bonds is 3.